The van der Waals surface area contributed by atoms with E-state index in [1.165, 1.54) is 0 Å². The Hall–Kier alpha value is -3.58. The van der Waals surface area contributed by atoms with Crippen LogP contribution in [0.1, 0.15) is 12.6 Å². The number of pyridine rings is 2. The molecule has 0 unspecified atom stereocenters. The number of aromatic nitrogens is 3. The first kappa shape index (κ1) is 20.3. The molecule has 4 heterocycles. The highest BCUT2D eigenvalue weighted by Gasteiger charge is 2.22. The van der Waals surface area contributed by atoms with Gasteiger partial charge in [-0.3, -0.25) is 4.90 Å². The molecule has 0 spiro atoms. The van der Waals surface area contributed by atoms with E-state index in [4.69, 9.17) is 15.5 Å². The average Bonchev–Trinajstić information content (AvgIpc) is 3.18. The Kier molecular flexibility index (Phi) is 5.64. The minimum Gasteiger partial charge on any atom is -0.494 e. The zero-order chi connectivity index (χ0) is 21.9. The van der Waals surface area contributed by atoms with Crippen LogP contribution in [0.25, 0.3) is 16.9 Å². The zero-order valence-corrected chi connectivity index (χ0v) is 18.3. The van der Waals surface area contributed by atoms with Gasteiger partial charge in [-0.2, -0.15) is 0 Å². The number of nitrogens with two attached hydrogens (primary N) is 1. The van der Waals surface area contributed by atoms with Gasteiger partial charge in [0.2, 0.25) is 0 Å². The second kappa shape index (κ2) is 8.88. The Labute approximate surface area is 188 Å². The molecule has 7 heteroatoms. The zero-order valence-electron chi connectivity index (χ0n) is 18.3. The number of nitrogens with zero attached hydrogens (tertiary/aromatic N) is 5. The standard InChI is InChI=1S/C25H28N6O/c1-2-32-21-9-6-19(7-10-21)25-22(31-17-20(26)8-11-24(31)28-25)18-29-13-15-30(16-14-29)23-5-3-4-12-27-23/h3-12,17H,2,13-16,18,26H2,1H3. The first-order chi connectivity index (χ1) is 15.7. The summed E-state index contributed by atoms with van der Waals surface area (Å²) in [6.07, 6.45) is 3.83. The van der Waals surface area contributed by atoms with E-state index >= 15 is 0 Å². The van der Waals surface area contributed by atoms with Gasteiger partial charge in [0, 0.05) is 56.4 Å². The third-order valence-electron chi connectivity index (χ3n) is 5.90. The monoisotopic (exact) mass is 428 g/mol. The van der Waals surface area contributed by atoms with Crippen molar-refractivity contribution < 1.29 is 4.74 Å². The molecule has 4 aromatic rings. The number of imidazole rings is 1. The molecule has 2 N–H and O–H groups in total. The van der Waals surface area contributed by atoms with E-state index in [9.17, 15) is 0 Å². The fraction of sp³-hybridized carbons (Fsp3) is 0.280. The summed E-state index contributed by atoms with van der Waals surface area (Å²) in [6, 6.07) is 18.1. The number of ether oxygens (including phenoxy) is 1. The van der Waals surface area contributed by atoms with Gasteiger partial charge in [-0.15, -0.1) is 0 Å². The summed E-state index contributed by atoms with van der Waals surface area (Å²) in [4.78, 5) is 14.3. The van der Waals surface area contributed by atoms with Gasteiger partial charge in [-0.05, 0) is 55.5 Å². The average molecular weight is 429 g/mol. The molecule has 1 fully saturated rings. The van der Waals surface area contributed by atoms with Gasteiger partial charge in [-0.25, -0.2) is 9.97 Å². The van der Waals surface area contributed by atoms with Gasteiger partial charge >= 0.3 is 0 Å². The fourth-order valence-corrected chi connectivity index (χ4v) is 4.26. The first-order valence-corrected chi connectivity index (χ1v) is 11.1. The van der Waals surface area contributed by atoms with Crippen LogP contribution < -0.4 is 15.4 Å². The second-order valence-electron chi connectivity index (χ2n) is 8.01. The van der Waals surface area contributed by atoms with Gasteiger partial charge in [0.15, 0.2) is 0 Å². The molecular weight excluding hydrogens is 400 g/mol. The summed E-state index contributed by atoms with van der Waals surface area (Å²) in [5.74, 6) is 1.92. The number of hydrogen-bond donors (Lipinski definition) is 1. The molecule has 3 aromatic heterocycles. The van der Waals surface area contributed by atoms with E-state index in [1.807, 2.05) is 55.7 Å². The summed E-state index contributed by atoms with van der Waals surface area (Å²) in [7, 11) is 0. The summed E-state index contributed by atoms with van der Waals surface area (Å²) in [5.41, 5.74) is 11.0. The van der Waals surface area contributed by atoms with Crippen LogP contribution in [-0.4, -0.2) is 52.1 Å². The predicted octanol–water partition coefficient (Wildman–Crippen LogP) is 3.70. The number of piperazine rings is 1. The van der Waals surface area contributed by atoms with Crippen molar-refractivity contribution in [1.29, 1.82) is 0 Å². The maximum atomic E-state index is 6.12. The molecule has 0 radical (unpaired) electrons. The molecule has 5 rings (SSSR count). The van der Waals surface area contributed by atoms with Crippen LogP contribution in [0.4, 0.5) is 11.5 Å². The Morgan fingerprint density at radius 3 is 2.50 bits per heavy atom. The molecule has 164 valence electrons. The summed E-state index contributed by atoms with van der Waals surface area (Å²) >= 11 is 0. The number of hydrogen-bond acceptors (Lipinski definition) is 6. The van der Waals surface area contributed by atoms with Crippen molar-refractivity contribution in [3.63, 3.8) is 0 Å². The van der Waals surface area contributed by atoms with E-state index in [2.05, 4.69) is 37.4 Å². The van der Waals surface area contributed by atoms with E-state index in [-0.39, 0.29) is 0 Å². The maximum absolute atomic E-state index is 6.12. The number of benzene rings is 1. The third-order valence-corrected chi connectivity index (χ3v) is 5.90. The van der Waals surface area contributed by atoms with Crippen LogP contribution in [0, 0.1) is 0 Å². The van der Waals surface area contributed by atoms with Gasteiger partial charge < -0.3 is 19.8 Å². The van der Waals surface area contributed by atoms with Gasteiger partial charge in [0.05, 0.1) is 18.0 Å². The normalized spacial score (nSPS) is 14.7. The molecule has 32 heavy (non-hydrogen) atoms. The van der Waals surface area contributed by atoms with E-state index in [0.29, 0.717) is 6.61 Å². The van der Waals surface area contributed by atoms with E-state index in [1.54, 1.807) is 0 Å². The Morgan fingerprint density at radius 2 is 1.78 bits per heavy atom. The highest BCUT2D eigenvalue weighted by atomic mass is 16.5. The van der Waals surface area contributed by atoms with Crippen LogP contribution in [0.3, 0.4) is 0 Å². The van der Waals surface area contributed by atoms with E-state index < -0.39 is 0 Å². The van der Waals surface area contributed by atoms with Crippen LogP contribution in [0.5, 0.6) is 5.75 Å². The molecule has 0 bridgehead atoms. The molecule has 0 aliphatic carbocycles. The number of anilines is 2. The molecule has 7 nitrogen and oxygen atoms in total. The van der Waals surface area contributed by atoms with Crippen molar-refractivity contribution in [3.8, 4) is 17.0 Å². The maximum Gasteiger partial charge on any atom is 0.137 e. The smallest absolute Gasteiger partial charge is 0.137 e. The minimum atomic E-state index is 0.655. The Bertz CT molecular complexity index is 1180. The van der Waals surface area contributed by atoms with Crippen LogP contribution in [0.15, 0.2) is 67.0 Å². The highest BCUT2D eigenvalue weighted by Crippen LogP contribution is 2.28. The molecule has 1 aliphatic rings. The lowest BCUT2D eigenvalue weighted by molar-refractivity contribution is 0.246. The predicted molar refractivity (Wildman–Crippen MR) is 128 cm³/mol. The number of nitrogen functional groups attached to an aromatic ring is 1. The van der Waals surface area contributed by atoms with Gasteiger partial charge in [-0.1, -0.05) is 6.07 Å². The lowest BCUT2D eigenvalue weighted by atomic mass is 10.1. The summed E-state index contributed by atoms with van der Waals surface area (Å²) in [6.45, 7) is 7.30. The van der Waals surface area contributed by atoms with Crippen molar-refractivity contribution in [2.45, 2.75) is 13.5 Å². The first-order valence-electron chi connectivity index (χ1n) is 11.1. The Morgan fingerprint density at radius 1 is 0.969 bits per heavy atom. The summed E-state index contributed by atoms with van der Waals surface area (Å²) in [5, 5.41) is 0. The second-order valence-corrected chi connectivity index (χ2v) is 8.01. The fourth-order valence-electron chi connectivity index (χ4n) is 4.26. The van der Waals surface area contributed by atoms with Crippen molar-refractivity contribution in [2.24, 2.45) is 0 Å². The van der Waals surface area contributed by atoms with Crippen LogP contribution in [-0.2, 0) is 6.54 Å². The summed E-state index contributed by atoms with van der Waals surface area (Å²) < 4.78 is 7.74. The molecular formula is C25H28N6O. The molecule has 0 amide bonds. The quantitative estimate of drug-likeness (QED) is 0.505. The third kappa shape index (κ3) is 4.11. The molecule has 1 aromatic carbocycles. The van der Waals surface area contributed by atoms with Crippen molar-refractivity contribution in [2.75, 3.05) is 43.4 Å². The lowest BCUT2D eigenvalue weighted by Crippen LogP contribution is -2.46. The molecule has 0 saturated carbocycles. The SMILES string of the molecule is CCOc1ccc(-c2nc3ccc(N)cn3c2CN2CCN(c3ccccn3)CC2)cc1. The van der Waals surface area contributed by atoms with Gasteiger partial charge in [0.25, 0.3) is 0 Å². The Balaban J connectivity index is 1.41. The van der Waals surface area contributed by atoms with Crippen LogP contribution >= 0.6 is 0 Å². The van der Waals surface area contributed by atoms with Crippen molar-refractivity contribution >= 4 is 17.2 Å². The van der Waals surface area contributed by atoms with Crippen LogP contribution in [0.2, 0.25) is 0 Å². The van der Waals surface area contributed by atoms with Gasteiger partial charge in [0.1, 0.15) is 17.2 Å². The highest BCUT2D eigenvalue weighted by molar-refractivity contribution is 5.68. The van der Waals surface area contributed by atoms with E-state index in [0.717, 1.165) is 72.6 Å². The van der Waals surface area contributed by atoms with Crippen molar-refractivity contribution in [1.82, 2.24) is 19.3 Å². The van der Waals surface area contributed by atoms with Crippen molar-refractivity contribution in [3.05, 3.63) is 72.7 Å². The molecule has 1 aliphatic heterocycles. The largest absolute Gasteiger partial charge is 0.494 e. The molecule has 0 atom stereocenters. The topological polar surface area (TPSA) is 71.9 Å². The molecule has 1 saturated heterocycles. The minimum absolute atomic E-state index is 0.655. The number of fused-ring (bicyclic) bond motifs is 1. The number of rotatable bonds is 6. The lowest BCUT2D eigenvalue weighted by Gasteiger charge is -2.35.